The molecular formula is C13H26N2O. The van der Waals surface area contributed by atoms with Crippen LogP contribution in [0.3, 0.4) is 0 Å². The summed E-state index contributed by atoms with van der Waals surface area (Å²) in [6.07, 6.45) is 10.4. The molecule has 3 heteroatoms. The van der Waals surface area contributed by atoms with E-state index < -0.39 is 0 Å². The lowest BCUT2D eigenvalue weighted by molar-refractivity contribution is -0.121. The second-order valence-electron chi connectivity index (χ2n) is 4.92. The predicted octanol–water partition coefficient (Wildman–Crippen LogP) is 2.17. The molecule has 0 atom stereocenters. The van der Waals surface area contributed by atoms with E-state index in [9.17, 15) is 4.79 Å². The van der Waals surface area contributed by atoms with Crippen molar-refractivity contribution < 1.29 is 4.79 Å². The van der Waals surface area contributed by atoms with Gasteiger partial charge in [0.15, 0.2) is 0 Å². The van der Waals surface area contributed by atoms with Crippen LogP contribution in [0.4, 0.5) is 0 Å². The highest BCUT2D eigenvalue weighted by atomic mass is 16.2. The van der Waals surface area contributed by atoms with Gasteiger partial charge < -0.3 is 5.32 Å². The van der Waals surface area contributed by atoms with Crippen molar-refractivity contribution in [3.8, 4) is 0 Å². The molecular weight excluding hydrogens is 200 g/mol. The van der Waals surface area contributed by atoms with E-state index in [1.165, 1.54) is 44.9 Å². The third kappa shape index (κ3) is 6.83. The summed E-state index contributed by atoms with van der Waals surface area (Å²) in [6.45, 7) is 2.46. The van der Waals surface area contributed by atoms with Crippen molar-refractivity contribution in [2.45, 2.75) is 51.4 Å². The van der Waals surface area contributed by atoms with Gasteiger partial charge in [0, 0.05) is 6.54 Å². The molecule has 0 bridgehead atoms. The minimum Gasteiger partial charge on any atom is -0.355 e. The predicted molar refractivity (Wildman–Crippen MR) is 67.4 cm³/mol. The average molecular weight is 226 g/mol. The van der Waals surface area contributed by atoms with Crippen LogP contribution in [0.25, 0.3) is 0 Å². The highest BCUT2D eigenvalue weighted by Gasteiger charge is 2.05. The molecule has 3 nitrogen and oxygen atoms in total. The van der Waals surface area contributed by atoms with E-state index in [4.69, 9.17) is 0 Å². The molecule has 1 fully saturated rings. The number of carbonyl (C=O) groups is 1. The zero-order chi connectivity index (χ0) is 11.6. The molecule has 0 aromatic rings. The molecule has 16 heavy (non-hydrogen) atoms. The topological polar surface area (TPSA) is 32.3 Å². The molecule has 1 saturated heterocycles. The van der Waals surface area contributed by atoms with Gasteiger partial charge in [-0.2, -0.15) is 0 Å². The quantitative estimate of drug-likeness (QED) is 0.686. The lowest BCUT2D eigenvalue weighted by Gasteiger charge is -2.16. The van der Waals surface area contributed by atoms with Crippen LogP contribution in [0, 0.1) is 0 Å². The van der Waals surface area contributed by atoms with Crippen LogP contribution in [0.15, 0.2) is 0 Å². The van der Waals surface area contributed by atoms with E-state index >= 15 is 0 Å². The van der Waals surface area contributed by atoms with Crippen LogP contribution in [-0.4, -0.2) is 37.5 Å². The van der Waals surface area contributed by atoms with Crippen molar-refractivity contribution >= 4 is 5.91 Å². The van der Waals surface area contributed by atoms with Crippen LogP contribution in [0.5, 0.6) is 0 Å². The Labute approximate surface area is 99.6 Å². The summed E-state index contributed by atoms with van der Waals surface area (Å²) >= 11 is 0. The second kappa shape index (κ2) is 8.57. The minimum atomic E-state index is 0.180. The van der Waals surface area contributed by atoms with Gasteiger partial charge in [0.2, 0.25) is 5.91 Å². The fraction of sp³-hybridized carbons (Fsp3) is 0.923. The maximum Gasteiger partial charge on any atom is 0.234 e. The number of carbonyl (C=O) groups excluding carboxylic acids is 1. The fourth-order valence-electron chi connectivity index (χ4n) is 2.18. The third-order valence-electron chi connectivity index (χ3n) is 3.20. The molecule has 1 aliphatic rings. The molecule has 0 unspecified atom stereocenters. The summed E-state index contributed by atoms with van der Waals surface area (Å²) in [5, 5.41) is 2.99. The third-order valence-corrected chi connectivity index (χ3v) is 3.20. The first kappa shape index (κ1) is 13.5. The molecule has 1 rings (SSSR count). The number of amides is 1. The summed E-state index contributed by atoms with van der Waals surface area (Å²) in [5.74, 6) is 0.180. The molecule has 1 heterocycles. The highest BCUT2D eigenvalue weighted by molar-refractivity contribution is 5.77. The summed E-state index contributed by atoms with van der Waals surface area (Å²) in [7, 11) is 2.03. The molecule has 0 aromatic heterocycles. The second-order valence-corrected chi connectivity index (χ2v) is 4.92. The SMILES string of the molecule is CN1CCCCCCCCCCNC(=O)C1. The molecule has 1 aliphatic heterocycles. The zero-order valence-corrected chi connectivity index (χ0v) is 10.6. The summed E-state index contributed by atoms with van der Waals surface area (Å²) in [4.78, 5) is 13.6. The first-order valence-electron chi connectivity index (χ1n) is 6.74. The first-order valence-corrected chi connectivity index (χ1v) is 6.74. The van der Waals surface area contributed by atoms with Gasteiger partial charge >= 0.3 is 0 Å². The Hall–Kier alpha value is -0.570. The van der Waals surface area contributed by atoms with Crippen LogP contribution < -0.4 is 5.32 Å². The molecule has 0 spiro atoms. The smallest absolute Gasteiger partial charge is 0.234 e. The van der Waals surface area contributed by atoms with Gasteiger partial charge in [-0.1, -0.05) is 38.5 Å². The Balaban J connectivity index is 2.23. The van der Waals surface area contributed by atoms with E-state index in [1.807, 2.05) is 7.05 Å². The number of nitrogens with one attached hydrogen (secondary N) is 1. The largest absolute Gasteiger partial charge is 0.355 e. The van der Waals surface area contributed by atoms with Crippen LogP contribution in [-0.2, 0) is 4.79 Å². The molecule has 0 saturated carbocycles. The number of likely N-dealkylation sites (N-methyl/N-ethyl adjacent to an activating group) is 1. The van der Waals surface area contributed by atoms with E-state index in [0.717, 1.165) is 19.5 Å². The minimum absolute atomic E-state index is 0.180. The van der Waals surface area contributed by atoms with Gasteiger partial charge in [0.05, 0.1) is 6.54 Å². The van der Waals surface area contributed by atoms with Crippen LogP contribution >= 0.6 is 0 Å². The van der Waals surface area contributed by atoms with Gasteiger partial charge in [0.25, 0.3) is 0 Å². The van der Waals surface area contributed by atoms with Gasteiger partial charge in [-0.3, -0.25) is 9.69 Å². The lowest BCUT2D eigenvalue weighted by Crippen LogP contribution is -2.36. The zero-order valence-electron chi connectivity index (χ0n) is 10.6. The van der Waals surface area contributed by atoms with Gasteiger partial charge in [-0.25, -0.2) is 0 Å². The average Bonchev–Trinajstić information content (AvgIpc) is 2.25. The number of rotatable bonds is 0. The van der Waals surface area contributed by atoms with E-state index in [2.05, 4.69) is 10.2 Å². The van der Waals surface area contributed by atoms with Crippen molar-refractivity contribution in [3.63, 3.8) is 0 Å². The Morgan fingerprint density at radius 3 is 2.19 bits per heavy atom. The molecule has 0 radical (unpaired) electrons. The maximum atomic E-state index is 11.5. The van der Waals surface area contributed by atoms with Crippen molar-refractivity contribution in [1.29, 1.82) is 0 Å². The summed E-state index contributed by atoms with van der Waals surface area (Å²) in [6, 6.07) is 0. The Bertz CT molecular complexity index is 194. The van der Waals surface area contributed by atoms with E-state index in [1.54, 1.807) is 0 Å². The number of hydrogen-bond acceptors (Lipinski definition) is 2. The maximum absolute atomic E-state index is 11.5. The van der Waals surface area contributed by atoms with Crippen molar-refractivity contribution in [1.82, 2.24) is 10.2 Å². The number of nitrogens with zero attached hydrogens (tertiary/aromatic N) is 1. The number of hydrogen-bond donors (Lipinski definition) is 1. The van der Waals surface area contributed by atoms with Crippen molar-refractivity contribution in [2.24, 2.45) is 0 Å². The molecule has 1 amide bonds. The van der Waals surface area contributed by atoms with E-state index in [-0.39, 0.29) is 5.91 Å². The van der Waals surface area contributed by atoms with Gasteiger partial charge in [0.1, 0.15) is 0 Å². The molecule has 1 N–H and O–H groups in total. The van der Waals surface area contributed by atoms with Crippen LogP contribution in [0.2, 0.25) is 0 Å². The lowest BCUT2D eigenvalue weighted by atomic mass is 10.1. The fourth-order valence-corrected chi connectivity index (χ4v) is 2.18. The molecule has 0 aliphatic carbocycles. The Morgan fingerprint density at radius 2 is 1.50 bits per heavy atom. The highest BCUT2D eigenvalue weighted by Crippen LogP contribution is 2.09. The van der Waals surface area contributed by atoms with Gasteiger partial charge in [-0.15, -0.1) is 0 Å². The van der Waals surface area contributed by atoms with Crippen molar-refractivity contribution in [3.05, 3.63) is 0 Å². The monoisotopic (exact) mass is 226 g/mol. The van der Waals surface area contributed by atoms with E-state index in [0.29, 0.717) is 6.54 Å². The summed E-state index contributed by atoms with van der Waals surface area (Å²) in [5.41, 5.74) is 0. The Morgan fingerprint density at radius 1 is 0.938 bits per heavy atom. The first-order chi connectivity index (χ1) is 7.79. The van der Waals surface area contributed by atoms with Crippen molar-refractivity contribution in [2.75, 3.05) is 26.7 Å². The standard InChI is InChI=1S/C13H26N2O/c1-15-11-9-7-5-3-2-4-6-8-10-14-13(16)12-15/h2-12H2,1H3,(H,14,16). The Kier molecular flexibility index (Phi) is 7.23. The molecule has 0 aromatic carbocycles. The summed E-state index contributed by atoms with van der Waals surface area (Å²) < 4.78 is 0. The van der Waals surface area contributed by atoms with Crippen LogP contribution in [0.1, 0.15) is 51.4 Å². The van der Waals surface area contributed by atoms with Gasteiger partial charge in [-0.05, 0) is 26.4 Å². The normalized spacial score (nSPS) is 23.4. The molecule has 94 valence electrons.